The van der Waals surface area contributed by atoms with Gasteiger partial charge in [-0.05, 0) is 31.0 Å². The fourth-order valence-electron chi connectivity index (χ4n) is 2.78. The Morgan fingerprint density at radius 1 is 1.21 bits per heavy atom. The van der Waals surface area contributed by atoms with E-state index < -0.39 is 22.0 Å². The Kier molecular flexibility index (Phi) is 6.87. The van der Waals surface area contributed by atoms with Crippen LogP contribution in [0.3, 0.4) is 0 Å². The number of urea groups is 1. The van der Waals surface area contributed by atoms with E-state index in [1.807, 2.05) is 0 Å². The van der Waals surface area contributed by atoms with Crippen molar-refractivity contribution in [2.75, 3.05) is 25.9 Å². The van der Waals surface area contributed by atoms with Gasteiger partial charge < -0.3 is 9.73 Å². The van der Waals surface area contributed by atoms with Crippen LogP contribution in [0.25, 0.3) is 11.5 Å². The van der Waals surface area contributed by atoms with Crippen molar-refractivity contribution in [1.82, 2.24) is 25.1 Å². The third kappa shape index (κ3) is 5.34. The van der Waals surface area contributed by atoms with Gasteiger partial charge in [-0.15, -0.1) is 10.2 Å². The third-order valence-corrected chi connectivity index (χ3v) is 6.96. The molecule has 3 rings (SSSR count). The van der Waals surface area contributed by atoms with Crippen LogP contribution >= 0.6 is 11.8 Å². The summed E-state index contributed by atoms with van der Waals surface area (Å²) in [5.74, 6) is -0.447. The highest BCUT2D eigenvalue weighted by atomic mass is 32.2. The van der Waals surface area contributed by atoms with Gasteiger partial charge in [0.2, 0.25) is 21.8 Å². The molecule has 1 aliphatic rings. The van der Waals surface area contributed by atoms with E-state index >= 15 is 0 Å². The van der Waals surface area contributed by atoms with E-state index in [4.69, 9.17) is 4.42 Å². The van der Waals surface area contributed by atoms with Crippen LogP contribution in [-0.4, -0.2) is 60.7 Å². The number of amides is 3. The Hall–Kier alpha value is -2.44. The summed E-state index contributed by atoms with van der Waals surface area (Å²) in [6.45, 7) is 1.04. The van der Waals surface area contributed by atoms with Gasteiger partial charge in [0.25, 0.3) is 5.22 Å². The summed E-state index contributed by atoms with van der Waals surface area (Å²) in [5, 5.41) is 12.3. The maximum atomic E-state index is 12.8. The highest BCUT2D eigenvalue weighted by Gasteiger charge is 2.26. The number of nitrogens with one attached hydrogen (secondary N) is 2. The molecule has 0 atom stereocenters. The highest BCUT2D eigenvalue weighted by Crippen LogP contribution is 2.27. The number of sulfonamides is 1. The fourth-order valence-corrected chi connectivity index (χ4v) is 4.91. The number of imide groups is 1. The van der Waals surface area contributed by atoms with Gasteiger partial charge in [-0.3, -0.25) is 10.1 Å². The molecule has 0 radical (unpaired) electrons. The second-order valence-corrected chi connectivity index (χ2v) is 9.15. The molecule has 156 valence electrons. The number of rotatable bonds is 6. The maximum Gasteiger partial charge on any atom is 0.321 e. The second kappa shape index (κ2) is 9.37. The lowest BCUT2D eigenvalue weighted by Crippen LogP contribution is -2.38. The Bertz CT molecular complexity index is 986. The van der Waals surface area contributed by atoms with Crippen LogP contribution in [0.1, 0.15) is 19.3 Å². The summed E-state index contributed by atoms with van der Waals surface area (Å²) in [4.78, 5) is 22.9. The number of aromatic nitrogens is 2. The minimum atomic E-state index is -3.57. The fraction of sp³-hybridized carbons (Fsp3) is 0.412. The summed E-state index contributed by atoms with van der Waals surface area (Å²) >= 11 is 0.970. The molecule has 1 saturated heterocycles. The van der Waals surface area contributed by atoms with Crippen molar-refractivity contribution in [2.45, 2.75) is 29.4 Å². The lowest BCUT2D eigenvalue weighted by atomic mass is 10.2. The predicted molar refractivity (Wildman–Crippen MR) is 106 cm³/mol. The van der Waals surface area contributed by atoms with E-state index in [1.54, 1.807) is 18.2 Å². The largest absolute Gasteiger partial charge is 0.411 e. The molecule has 1 aromatic carbocycles. The zero-order chi connectivity index (χ0) is 20.9. The topological polar surface area (TPSA) is 134 Å². The number of hydrogen-bond acceptors (Lipinski definition) is 8. The average molecular weight is 440 g/mol. The van der Waals surface area contributed by atoms with Gasteiger partial charge in [-0.2, -0.15) is 4.31 Å². The smallest absolute Gasteiger partial charge is 0.321 e. The number of piperidine rings is 1. The Morgan fingerprint density at radius 2 is 1.97 bits per heavy atom. The van der Waals surface area contributed by atoms with Crippen molar-refractivity contribution in [3.05, 3.63) is 24.3 Å². The number of thioether (sulfide) groups is 1. The summed E-state index contributed by atoms with van der Waals surface area (Å²) < 4.78 is 32.7. The maximum absolute atomic E-state index is 12.8. The molecule has 0 bridgehead atoms. The van der Waals surface area contributed by atoms with Crippen LogP contribution < -0.4 is 10.6 Å². The molecule has 12 heteroatoms. The summed E-state index contributed by atoms with van der Waals surface area (Å²) in [7, 11) is -2.17. The van der Waals surface area contributed by atoms with Crippen LogP contribution in [0, 0.1) is 0 Å². The zero-order valence-electron chi connectivity index (χ0n) is 15.8. The molecule has 1 aromatic heterocycles. The number of hydrogen-bond donors (Lipinski definition) is 2. The van der Waals surface area contributed by atoms with Crippen LogP contribution in [0.15, 0.2) is 38.8 Å². The molecule has 10 nitrogen and oxygen atoms in total. The van der Waals surface area contributed by atoms with Gasteiger partial charge in [-0.1, -0.05) is 24.2 Å². The molecule has 1 fully saturated rings. The highest BCUT2D eigenvalue weighted by molar-refractivity contribution is 7.99. The molecule has 0 aliphatic carbocycles. The van der Waals surface area contributed by atoms with Gasteiger partial charge in [0.05, 0.1) is 10.6 Å². The summed E-state index contributed by atoms with van der Waals surface area (Å²) in [5.41, 5.74) is 0.470. The van der Waals surface area contributed by atoms with Crippen molar-refractivity contribution in [1.29, 1.82) is 0 Å². The minimum absolute atomic E-state index is 0.0849. The molecule has 1 aliphatic heterocycles. The zero-order valence-corrected chi connectivity index (χ0v) is 17.4. The molecule has 2 N–H and O–H groups in total. The van der Waals surface area contributed by atoms with Crippen molar-refractivity contribution < 1.29 is 22.4 Å². The Labute approximate surface area is 172 Å². The molecule has 29 heavy (non-hydrogen) atoms. The van der Waals surface area contributed by atoms with E-state index in [9.17, 15) is 18.0 Å². The van der Waals surface area contributed by atoms with E-state index in [1.165, 1.54) is 17.4 Å². The first-order chi connectivity index (χ1) is 13.9. The lowest BCUT2D eigenvalue weighted by Gasteiger charge is -2.25. The minimum Gasteiger partial charge on any atom is -0.411 e. The van der Waals surface area contributed by atoms with E-state index in [0.717, 1.165) is 31.0 Å². The summed E-state index contributed by atoms with van der Waals surface area (Å²) in [6, 6.07) is 5.75. The standard InChI is InChI=1S/C17H21N5O5S2/c1-18-16(24)19-14(23)11-28-17-21-20-15(27-17)12-6-5-7-13(10-12)29(25,26)22-8-3-2-4-9-22/h5-7,10H,2-4,8-9,11H2,1H3,(H2,18,19,23,24). The average Bonchev–Trinajstić information content (AvgIpc) is 3.22. The molecule has 0 unspecified atom stereocenters. The second-order valence-electron chi connectivity index (χ2n) is 6.28. The van der Waals surface area contributed by atoms with E-state index in [-0.39, 0.29) is 21.8 Å². The molecule has 0 spiro atoms. The molecule has 2 heterocycles. The molecule has 3 amide bonds. The molecule has 0 saturated carbocycles. The third-order valence-electron chi connectivity index (χ3n) is 4.25. The first-order valence-corrected chi connectivity index (χ1v) is 11.4. The Balaban J connectivity index is 1.70. The van der Waals surface area contributed by atoms with Crippen molar-refractivity contribution in [3.63, 3.8) is 0 Å². The van der Waals surface area contributed by atoms with E-state index in [0.29, 0.717) is 18.7 Å². The van der Waals surface area contributed by atoms with Gasteiger partial charge in [-0.25, -0.2) is 13.2 Å². The number of carbonyl (C=O) groups is 2. The van der Waals surface area contributed by atoms with Crippen molar-refractivity contribution in [2.24, 2.45) is 0 Å². The first-order valence-electron chi connectivity index (χ1n) is 8.98. The SMILES string of the molecule is CNC(=O)NC(=O)CSc1nnc(-c2cccc(S(=O)(=O)N3CCCCC3)c2)o1. The van der Waals surface area contributed by atoms with Crippen molar-refractivity contribution >= 4 is 33.7 Å². The lowest BCUT2D eigenvalue weighted by molar-refractivity contribution is -0.117. The Morgan fingerprint density at radius 3 is 2.69 bits per heavy atom. The van der Waals surface area contributed by atoms with Crippen molar-refractivity contribution in [3.8, 4) is 11.5 Å². The predicted octanol–water partition coefficient (Wildman–Crippen LogP) is 1.46. The number of carbonyl (C=O) groups excluding carboxylic acids is 2. The normalized spacial score (nSPS) is 15.1. The number of nitrogens with zero attached hydrogens (tertiary/aromatic N) is 3. The monoisotopic (exact) mass is 439 g/mol. The van der Waals surface area contributed by atoms with Crippen LogP contribution in [0.4, 0.5) is 4.79 Å². The van der Waals surface area contributed by atoms with Gasteiger partial charge in [0, 0.05) is 25.7 Å². The van der Waals surface area contributed by atoms with Crippen LogP contribution in [0.5, 0.6) is 0 Å². The molecule has 2 aromatic rings. The number of benzene rings is 1. The van der Waals surface area contributed by atoms with Gasteiger partial charge in [0.1, 0.15) is 0 Å². The van der Waals surface area contributed by atoms with Gasteiger partial charge in [0.15, 0.2) is 0 Å². The van der Waals surface area contributed by atoms with Crippen LogP contribution in [0.2, 0.25) is 0 Å². The van der Waals surface area contributed by atoms with Gasteiger partial charge >= 0.3 is 6.03 Å². The van der Waals surface area contributed by atoms with Crippen LogP contribution in [-0.2, 0) is 14.8 Å². The first kappa shape index (κ1) is 21.3. The summed E-state index contributed by atoms with van der Waals surface area (Å²) in [6.07, 6.45) is 2.75. The molecular formula is C17H21N5O5S2. The van der Waals surface area contributed by atoms with E-state index in [2.05, 4.69) is 20.8 Å². The quantitative estimate of drug-likeness (QED) is 0.646. The molecular weight excluding hydrogens is 418 g/mol.